The number of fused-ring (bicyclic) bond motifs is 2. The van der Waals surface area contributed by atoms with Gasteiger partial charge >= 0.3 is 0 Å². The Kier molecular flexibility index (Phi) is 4.07. The fraction of sp³-hybridized carbons (Fsp3) is 0.600. The van der Waals surface area contributed by atoms with Crippen molar-refractivity contribution in [1.82, 2.24) is 9.80 Å². The van der Waals surface area contributed by atoms with Crippen molar-refractivity contribution in [2.45, 2.75) is 57.2 Å². The molecule has 0 radical (unpaired) electrons. The smallest absolute Gasteiger partial charge is 0.255 e. The minimum absolute atomic E-state index is 0.00813. The van der Waals surface area contributed by atoms with E-state index in [-0.39, 0.29) is 17.7 Å². The first kappa shape index (κ1) is 16.6. The molecule has 0 unspecified atom stereocenters. The molecule has 25 heavy (non-hydrogen) atoms. The number of aliphatic hydroxyl groups is 1. The van der Waals surface area contributed by atoms with E-state index in [1.54, 1.807) is 4.90 Å². The molecule has 0 aromatic heterocycles. The summed E-state index contributed by atoms with van der Waals surface area (Å²) in [5.41, 5.74) is 1.12. The summed E-state index contributed by atoms with van der Waals surface area (Å²) in [6.07, 6.45) is 4.71. The van der Waals surface area contributed by atoms with E-state index in [9.17, 15) is 14.7 Å². The minimum atomic E-state index is -0.585. The van der Waals surface area contributed by atoms with Crippen LogP contribution in [-0.2, 0) is 11.3 Å². The number of likely N-dealkylation sites (tertiary alicyclic amines) is 1. The van der Waals surface area contributed by atoms with Crippen LogP contribution >= 0.6 is 0 Å². The Labute approximate surface area is 148 Å². The fourth-order valence-corrected chi connectivity index (χ4v) is 4.76. The molecule has 2 aliphatic heterocycles. The summed E-state index contributed by atoms with van der Waals surface area (Å²) in [6.45, 7) is 3.54. The van der Waals surface area contributed by atoms with Gasteiger partial charge in [-0.2, -0.15) is 0 Å². The van der Waals surface area contributed by atoms with Crippen LogP contribution in [0.4, 0.5) is 0 Å². The molecule has 2 heterocycles. The third kappa shape index (κ3) is 2.74. The van der Waals surface area contributed by atoms with Gasteiger partial charge in [0.2, 0.25) is 5.91 Å². The van der Waals surface area contributed by atoms with Crippen LogP contribution in [0.5, 0.6) is 0 Å². The molecule has 1 aromatic carbocycles. The van der Waals surface area contributed by atoms with Crippen LogP contribution in [0.3, 0.4) is 0 Å². The van der Waals surface area contributed by atoms with E-state index in [1.165, 1.54) is 0 Å². The Hall–Kier alpha value is -1.88. The van der Waals surface area contributed by atoms with E-state index in [1.807, 2.05) is 36.1 Å². The quantitative estimate of drug-likeness (QED) is 0.896. The van der Waals surface area contributed by atoms with Gasteiger partial charge in [-0.3, -0.25) is 9.59 Å². The van der Waals surface area contributed by atoms with Gasteiger partial charge in [-0.15, -0.1) is 0 Å². The summed E-state index contributed by atoms with van der Waals surface area (Å²) in [4.78, 5) is 29.2. The number of hydrogen-bond donors (Lipinski definition) is 1. The van der Waals surface area contributed by atoms with Crippen molar-refractivity contribution in [1.29, 1.82) is 0 Å². The van der Waals surface area contributed by atoms with E-state index >= 15 is 0 Å². The monoisotopic (exact) mass is 342 g/mol. The van der Waals surface area contributed by atoms with E-state index in [4.69, 9.17) is 0 Å². The number of nitrogens with zero attached hydrogens (tertiary/aromatic N) is 2. The Morgan fingerprint density at radius 2 is 2.08 bits per heavy atom. The number of carbonyl (C=O) groups excluding carboxylic acids is 2. The van der Waals surface area contributed by atoms with Gasteiger partial charge in [0.25, 0.3) is 5.91 Å². The lowest BCUT2D eigenvalue weighted by atomic mass is 9.71. The lowest BCUT2D eigenvalue weighted by molar-refractivity contribution is -0.147. The van der Waals surface area contributed by atoms with Crippen LogP contribution in [0, 0.1) is 5.92 Å². The largest absolute Gasteiger partial charge is 0.389 e. The minimum Gasteiger partial charge on any atom is -0.389 e. The first-order chi connectivity index (χ1) is 12.0. The number of benzene rings is 1. The molecule has 2 amide bonds. The number of rotatable bonds is 2. The lowest BCUT2D eigenvalue weighted by Gasteiger charge is -2.48. The van der Waals surface area contributed by atoms with E-state index < -0.39 is 11.6 Å². The molecule has 1 saturated heterocycles. The Bertz CT molecular complexity index is 704. The summed E-state index contributed by atoms with van der Waals surface area (Å²) in [6, 6.07) is 7.11. The molecule has 1 N–H and O–H groups in total. The van der Waals surface area contributed by atoms with E-state index in [0.29, 0.717) is 31.6 Å². The number of piperidine rings is 1. The van der Waals surface area contributed by atoms with E-state index in [2.05, 4.69) is 0 Å². The average molecular weight is 342 g/mol. The molecule has 5 heteroatoms. The number of carbonyl (C=O) groups is 2. The van der Waals surface area contributed by atoms with Gasteiger partial charge in [-0.25, -0.2) is 0 Å². The van der Waals surface area contributed by atoms with Gasteiger partial charge in [0, 0.05) is 31.1 Å². The highest BCUT2D eigenvalue weighted by Gasteiger charge is 2.45. The number of amides is 2. The van der Waals surface area contributed by atoms with Crippen LogP contribution < -0.4 is 0 Å². The molecule has 134 valence electrons. The van der Waals surface area contributed by atoms with Gasteiger partial charge in [0.05, 0.1) is 5.60 Å². The molecule has 3 aliphatic rings. The maximum absolute atomic E-state index is 13.0. The molecular formula is C20H26N2O3. The van der Waals surface area contributed by atoms with E-state index in [0.717, 1.165) is 31.2 Å². The molecule has 2 fully saturated rings. The zero-order valence-electron chi connectivity index (χ0n) is 14.8. The lowest BCUT2D eigenvalue weighted by Crippen LogP contribution is -2.57. The van der Waals surface area contributed by atoms with Gasteiger partial charge in [-0.05, 0) is 37.8 Å². The first-order valence-corrected chi connectivity index (χ1v) is 9.40. The topological polar surface area (TPSA) is 60.9 Å². The zero-order valence-corrected chi connectivity index (χ0v) is 14.8. The second-order valence-electron chi connectivity index (χ2n) is 7.85. The maximum atomic E-state index is 13.0. The third-order valence-electron chi connectivity index (χ3n) is 6.41. The SMILES string of the molecule is C[C@@H](C(=O)N1CC[C@]2(O)CCCC[C@H]2C1)N1Cc2ccccc2C1=O. The van der Waals surface area contributed by atoms with Gasteiger partial charge in [-0.1, -0.05) is 31.0 Å². The van der Waals surface area contributed by atoms with Gasteiger partial charge in [0.15, 0.2) is 0 Å². The predicted molar refractivity (Wildman–Crippen MR) is 93.9 cm³/mol. The highest BCUT2D eigenvalue weighted by atomic mass is 16.3. The summed E-state index contributed by atoms with van der Waals surface area (Å²) in [5.74, 6) is 0.133. The molecule has 1 aromatic rings. The zero-order chi connectivity index (χ0) is 17.6. The molecule has 4 rings (SSSR count). The predicted octanol–water partition coefficient (Wildman–Crippen LogP) is 2.18. The summed E-state index contributed by atoms with van der Waals surface area (Å²) >= 11 is 0. The Morgan fingerprint density at radius 3 is 2.88 bits per heavy atom. The maximum Gasteiger partial charge on any atom is 0.255 e. The summed E-state index contributed by atoms with van der Waals surface area (Å²) in [5, 5.41) is 10.8. The normalized spacial score (nSPS) is 30.0. The Morgan fingerprint density at radius 1 is 1.28 bits per heavy atom. The van der Waals surface area contributed by atoms with Crippen LogP contribution in [0.2, 0.25) is 0 Å². The molecular weight excluding hydrogens is 316 g/mol. The summed E-state index contributed by atoms with van der Waals surface area (Å²) < 4.78 is 0. The second-order valence-corrected chi connectivity index (χ2v) is 7.85. The fourth-order valence-electron chi connectivity index (χ4n) is 4.76. The molecule has 1 saturated carbocycles. The van der Waals surface area contributed by atoms with Crippen LogP contribution in [0.25, 0.3) is 0 Å². The molecule has 1 aliphatic carbocycles. The second kappa shape index (κ2) is 6.13. The highest BCUT2D eigenvalue weighted by molar-refractivity contribution is 6.01. The summed E-state index contributed by atoms with van der Waals surface area (Å²) in [7, 11) is 0. The van der Waals surface area contributed by atoms with Crippen LogP contribution in [0.1, 0.15) is 54.9 Å². The standard InChI is InChI=1S/C20H26N2O3/c1-14(22-12-15-6-2-3-8-17(15)19(22)24)18(23)21-11-10-20(25)9-5-4-7-16(20)13-21/h2-3,6,8,14,16,25H,4-5,7,9-13H2,1H3/t14-,16-,20+/m0/s1. The Balaban J connectivity index is 1.46. The molecule has 0 spiro atoms. The van der Waals surface area contributed by atoms with Crippen molar-refractivity contribution in [2.75, 3.05) is 13.1 Å². The average Bonchev–Trinajstić information content (AvgIpc) is 2.97. The molecule has 5 nitrogen and oxygen atoms in total. The first-order valence-electron chi connectivity index (χ1n) is 9.40. The van der Waals surface area contributed by atoms with Crippen molar-refractivity contribution in [3.05, 3.63) is 35.4 Å². The van der Waals surface area contributed by atoms with Crippen molar-refractivity contribution in [3.8, 4) is 0 Å². The van der Waals surface area contributed by atoms with Crippen molar-refractivity contribution in [3.63, 3.8) is 0 Å². The van der Waals surface area contributed by atoms with Crippen molar-refractivity contribution in [2.24, 2.45) is 5.92 Å². The van der Waals surface area contributed by atoms with Crippen molar-refractivity contribution >= 4 is 11.8 Å². The third-order valence-corrected chi connectivity index (χ3v) is 6.41. The van der Waals surface area contributed by atoms with Crippen molar-refractivity contribution < 1.29 is 14.7 Å². The van der Waals surface area contributed by atoms with Gasteiger partial charge < -0.3 is 14.9 Å². The van der Waals surface area contributed by atoms with Gasteiger partial charge in [0.1, 0.15) is 6.04 Å². The molecule has 3 atom stereocenters. The van der Waals surface area contributed by atoms with Crippen LogP contribution in [-0.4, -0.2) is 51.5 Å². The number of hydrogen-bond acceptors (Lipinski definition) is 3. The van der Waals surface area contributed by atoms with Crippen LogP contribution in [0.15, 0.2) is 24.3 Å². The molecule has 0 bridgehead atoms. The highest BCUT2D eigenvalue weighted by Crippen LogP contribution is 2.40.